The number of nitrogens with one attached hydrogen (secondary N) is 1. The molecule has 2 amide bonds. The van der Waals surface area contributed by atoms with Crippen LogP contribution in [-0.2, 0) is 9.59 Å². The van der Waals surface area contributed by atoms with Crippen LogP contribution < -0.4 is 15.0 Å². The summed E-state index contributed by atoms with van der Waals surface area (Å²) in [4.78, 5) is 28.9. The monoisotopic (exact) mass is 511 g/mol. The molecule has 0 spiro atoms. The van der Waals surface area contributed by atoms with Gasteiger partial charge in [-0.1, -0.05) is 55.6 Å². The fourth-order valence-electron chi connectivity index (χ4n) is 3.67. The van der Waals surface area contributed by atoms with Gasteiger partial charge in [0.1, 0.15) is 5.75 Å². The zero-order valence-electron chi connectivity index (χ0n) is 19.2. The minimum absolute atomic E-state index is 0.156. The normalized spacial score (nSPS) is 14.3. The predicted octanol–water partition coefficient (Wildman–Crippen LogP) is 5.67. The first-order valence-corrected chi connectivity index (χ1v) is 11.8. The highest BCUT2D eigenvalue weighted by Crippen LogP contribution is 2.32. The number of carbonyl (C=O) groups is 2. The van der Waals surface area contributed by atoms with Gasteiger partial charge in [-0.3, -0.25) is 9.59 Å². The molecule has 1 aliphatic heterocycles. The zero-order chi connectivity index (χ0) is 24.3. The Bertz CT molecular complexity index is 1020. The number of piperazine rings is 1. The Morgan fingerprint density at radius 1 is 1.00 bits per heavy atom. The van der Waals surface area contributed by atoms with Gasteiger partial charge in [0.25, 0.3) is 5.91 Å². The van der Waals surface area contributed by atoms with Gasteiger partial charge < -0.3 is 19.9 Å². The molecule has 0 bridgehead atoms. The Morgan fingerprint density at radius 2 is 1.67 bits per heavy atom. The molecular weight excluding hydrogens is 485 g/mol. The van der Waals surface area contributed by atoms with Crippen LogP contribution in [0.15, 0.2) is 30.3 Å². The number of anilines is 2. The average Bonchev–Trinajstić information content (AvgIpc) is 2.72. The lowest BCUT2D eigenvalue weighted by atomic mass is 9.94. The molecule has 1 N–H and O–H groups in total. The highest BCUT2D eigenvalue weighted by Gasteiger charge is 2.30. The lowest BCUT2D eigenvalue weighted by Gasteiger charge is -2.39. The highest BCUT2D eigenvalue weighted by molar-refractivity contribution is 6.35. The molecule has 33 heavy (non-hydrogen) atoms. The van der Waals surface area contributed by atoms with Crippen molar-refractivity contribution in [3.05, 3.63) is 51.0 Å². The first-order chi connectivity index (χ1) is 15.5. The van der Waals surface area contributed by atoms with Crippen molar-refractivity contribution in [2.24, 2.45) is 5.41 Å². The van der Waals surface area contributed by atoms with E-state index < -0.39 is 0 Å². The molecule has 1 aliphatic rings. The third kappa shape index (κ3) is 6.46. The van der Waals surface area contributed by atoms with E-state index in [0.717, 1.165) is 11.3 Å². The van der Waals surface area contributed by atoms with E-state index in [-0.39, 0.29) is 23.8 Å². The van der Waals surface area contributed by atoms with Crippen molar-refractivity contribution in [2.45, 2.75) is 27.7 Å². The fraction of sp³-hybridized carbons (Fsp3) is 0.417. The molecule has 0 saturated carbocycles. The van der Waals surface area contributed by atoms with Crippen LogP contribution in [0, 0.1) is 12.3 Å². The molecule has 2 aromatic carbocycles. The van der Waals surface area contributed by atoms with E-state index in [1.165, 1.54) is 0 Å². The molecule has 9 heteroatoms. The summed E-state index contributed by atoms with van der Waals surface area (Å²) in [6.07, 6.45) is 0. The molecule has 1 fully saturated rings. The summed E-state index contributed by atoms with van der Waals surface area (Å²) in [7, 11) is 0. The van der Waals surface area contributed by atoms with Crippen molar-refractivity contribution in [1.29, 1.82) is 0 Å². The van der Waals surface area contributed by atoms with E-state index in [0.29, 0.717) is 52.7 Å². The Labute approximate surface area is 209 Å². The van der Waals surface area contributed by atoms with Crippen molar-refractivity contribution >= 4 is 58.0 Å². The largest absolute Gasteiger partial charge is 0.482 e. The Balaban J connectivity index is 1.57. The van der Waals surface area contributed by atoms with E-state index in [9.17, 15) is 9.59 Å². The van der Waals surface area contributed by atoms with Crippen molar-refractivity contribution in [2.75, 3.05) is 43.0 Å². The standard InChI is InChI=1S/C24H28Cl3N3O3/c1-15-11-16(25)12-19(27)22(15)33-14-21(31)28-17-5-6-20(18(26)13-17)29-7-9-30(10-8-29)23(32)24(2,3)4/h5-6,11-13H,7-10,14H2,1-4H3,(H,28,31). The minimum Gasteiger partial charge on any atom is -0.482 e. The molecule has 0 unspecified atom stereocenters. The molecule has 3 rings (SSSR count). The summed E-state index contributed by atoms with van der Waals surface area (Å²) in [5.74, 6) is 0.246. The number of ether oxygens (including phenoxy) is 1. The molecule has 1 saturated heterocycles. The molecular formula is C24H28Cl3N3O3. The van der Waals surface area contributed by atoms with E-state index in [4.69, 9.17) is 39.5 Å². The minimum atomic E-state index is -0.388. The number of hydrogen-bond donors (Lipinski definition) is 1. The van der Waals surface area contributed by atoms with Crippen LogP contribution in [0.4, 0.5) is 11.4 Å². The summed E-state index contributed by atoms with van der Waals surface area (Å²) in [6.45, 7) is 10.1. The van der Waals surface area contributed by atoms with Gasteiger partial charge in [-0.05, 0) is 42.8 Å². The molecule has 0 atom stereocenters. The number of nitrogens with zero attached hydrogens (tertiary/aromatic N) is 2. The Hall–Kier alpha value is -2.15. The van der Waals surface area contributed by atoms with Gasteiger partial charge in [-0.2, -0.15) is 0 Å². The maximum absolute atomic E-state index is 12.5. The van der Waals surface area contributed by atoms with Crippen LogP contribution in [-0.4, -0.2) is 49.5 Å². The van der Waals surface area contributed by atoms with Gasteiger partial charge >= 0.3 is 0 Å². The summed E-state index contributed by atoms with van der Waals surface area (Å²) in [5, 5.41) is 4.17. The quantitative estimate of drug-likeness (QED) is 0.561. The smallest absolute Gasteiger partial charge is 0.262 e. The Morgan fingerprint density at radius 3 is 2.24 bits per heavy atom. The maximum atomic E-state index is 12.5. The van der Waals surface area contributed by atoms with Crippen molar-refractivity contribution in [3.63, 3.8) is 0 Å². The average molecular weight is 513 g/mol. The summed E-state index contributed by atoms with van der Waals surface area (Å²) in [6, 6.07) is 8.67. The second kappa shape index (κ2) is 10.4. The summed E-state index contributed by atoms with van der Waals surface area (Å²) < 4.78 is 5.58. The summed E-state index contributed by atoms with van der Waals surface area (Å²) >= 11 is 18.6. The topological polar surface area (TPSA) is 61.9 Å². The molecule has 0 aliphatic carbocycles. The van der Waals surface area contributed by atoms with Gasteiger partial charge in [-0.25, -0.2) is 0 Å². The van der Waals surface area contributed by atoms with Crippen LogP contribution >= 0.6 is 34.8 Å². The van der Waals surface area contributed by atoms with E-state index in [2.05, 4.69) is 10.2 Å². The van der Waals surface area contributed by atoms with Gasteiger partial charge in [0.2, 0.25) is 5.91 Å². The van der Waals surface area contributed by atoms with Gasteiger partial charge in [-0.15, -0.1) is 0 Å². The van der Waals surface area contributed by atoms with Gasteiger partial charge in [0, 0.05) is 42.3 Å². The van der Waals surface area contributed by atoms with Crippen LogP contribution in [0.2, 0.25) is 15.1 Å². The van der Waals surface area contributed by atoms with Crippen LogP contribution in [0.25, 0.3) is 0 Å². The highest BCUT2D eigenvalue weighted by atomic mass is 35.5. The van der Waals surface area contributed by atoms with Crippen molar-refractivity contribution in [3.8, 4) is 5.75 Å². The number of rotatable bonds is 5. The number of aryl methyl sites for hydroxylation is 1. The number of amides is 2. The Kier molecular flexibility index (Phi) is 8.04. The van der Waals surface area contributed by atoms with Gasteiger partial charge in [0.15, 0.2) is 6.61 Å². The van der Waals surface area contributed by atoms with E-state index in [1.807, 2.05) is 38.7 Å². The van der Waals surface area contributed by atoms with Crippen LogP contribution in [0.1, 0.15) is 26.3 Å². The third-order valence-corrected chi connectivity index (χ3v) is 6.12. The first-order valence-electron chi connectivity index (χ1n) is 10.7. The number of carbonyl (C=O) groups excluding carboxylic acids is 2. The zero-order valence-corrected chi connectivity index (χ0v) is 21.4. The number of benzene rings is 2. The number of halogens is 3. The van der Waals surface area contributed by atoms with Crippen molar-refractivity contribution < 1.29 is 14.3 Å². The maximum Gasteiger partial charge on any atom is 0.262 e. The predicted molar refractivity (Wildman–Crippen MR) is 135 cm³/mol. The SMILES string of the molecule is Cc1cc(Cl)cc(Cl)c1OCC(=O)Nc1ccc(N2CCN(C(=O)C(C)(C)C)CC2)c(Cl)c1. The van der Waals surface area contributed by atoms with Crippen molar-refractivity contribution in [1.82, 2.24) is 4.90 Å². The first kappa shape index (κ1) is 25.5. The van der Waals surface area contributed by atoms with E-state index >= 15 is 0 Å². The summed E-state index contributed by atoms with van der Waals surface area (Å²) in [5.41, 5.74) is 1.80. The molecule has 0 aromatic heterocycles. The second-order valence-electron chi connectivity index (χ2n) is 9.07. The molecule has 6 nitrogen and oxygen atoms in total. The lowest BCUT2D eigenvalue weighted by molar-refractivity contribution is -0.139. The second-order valence-corrected chi connectivity index (χ2v) is 10.3. The third-order valence-electron chi connectivity index (χ3n) is 5.32. The number of hydrogen-bond acceptors (Lipinski definition) is 4. The molecule has 0 radical (unpaired) electrons. The molecule has 1 heterocycles. The van der Waals surface area contributed by atoms with Crippen LogP contribution in [0.3, 0.4) is 0 Å². The van der Waals surface area contributed by atoms with Crippen LogP contribution in [0.5, 0.6) is 5.75 Å². The molecule has 2 aromatic rings. The lowest BCUT2D eigenvalue weighted by Crippen LogP contribution is -2.51. The fourth-order valence-corrected chi connectivity index (χ4v) is 4.62. The van der Waals surface area contributed by atoms with E-state index in [1.54, 1.807) is 24.3 Å². The van der Waals surface area contributed by atoms with Gasteiger partial charge in [0.05, 0.1) is 15.7 Å². The molecule has 178 valence electrons.